The van der Waals surface area contributed by atoms with E-state index in [0.717, 1.165) is 0 Å². The number of hydrogen-bond acceptors (Lipinski definition) is 4. The lowest BCUT2D eigenvalue weighted by atomic mass is 9.94. The summed E-state index contributed by atoms with van der Waals surface area (Å²) in [5.74, 6) is -1.52. The molecule has 0 radical (unpaired) electrons. The van der Waals surface area contributed by atoms with E-state index in [9.17, 15) is 14.7 Å². The van der Waals surface area contributed by atoms with E-state index in [1.165, 1.54) is 12.1 Å². The number of carbonyl (C=O) groups is 2. The largest absolute Gasteiger partial charge is 0.479 e. The second-order valence-electron chi connectivity index (χ2n) is 4.13. The summed E-state index contributed by atoms with van der Waals surface area (Å²) in [5.41, 5.74) is 0.949. The zero-order chi connectivity index (χ0) is 15.1. The van der Waals surface area contributed by atoms with Crippen LogP contribution in [0.5, 0.6) is 0 Å². The molecule has 1 aromatic carbocycles. The van der Waals surface area contributed by atoms with Crippen molar-refractivity contribution >= 4 is 23.5 Å². The van der Waals surface area contributed by atoms with Gasteiger partial charge in [-0.25, -0.2) is 9.59 Å². The first-order valence-corrected chi connectivity index (χ1v) is 6.82. The standard InChI is InChI=1S/C14H17ClO5/c1-2-20-14(19)11-6-3-5-10(12(16)13(17)18)9(11)7-4-8-15/h3,5-6,12,16H,2,4,7-8H2,1H3,(H,17,18). The number of halogens is 1. The van der Waals surface area contributed by atoms with E-state index in [1.807, 2.05) is 0 Å². The van der Waals surface area contributed by atoms with Gasteiger partial charge in [0.1, 0.15) is 0 Å². The highest BCUT2D eigenvalue weighted by molar-refractivity contribution is 6.17. The molecule has 1 unspecified atom stereocenters. The fourth-order valence-corrected chi connectivity index (χ4v) is 2.05. The Kier molecular flexibility index (Phi) is 6.48. The topological polar surface area (TPSA) is 83.8 Å². The van der Waals surface area contributed by atoms with Crippen LogP contribution in [0.1, 0.15) is 40.9 Å². The van der Waals surface area contributed by atoms with Gasteiger partial charge in [0.25, 0.3) is 0 Å². The first kappa shape index (κ1) is 16.5. The summed E-state index contributed by atoms with van der Waals surface area (Å²) in [4.78, 5) is 22.8. The van der Waals surface area contributed by atoms with Crippen molar-refractivity contribution in [2.45, 2.75) is 25.9 Å². The molecule has 0 saturated carbocycles. The molecule has 110 valence electrons. The van der Waals surface area contributed by atoms with Crippen molar-refractivity contribution in [1.82, 2.24) is 0 Å². The Bertz CT molecular complexity index is 486. The smallest absolute Gasteiger partial charge is 0.338 e. The summed E-state index contributed by atoms with van der Waals surface area (Å²) in [5, 5.41) is 18.7. The lowest BCUT2D eigenvalue weighted by Crippen LogP contribution is -2.16. The van der Waals surface area contributed by atoms with Gasteiger partial charge in [0.15, 0.2) is 6.10 Å². The third-order valence-electron chi connectivity index (χ3n) is 2.80. The van der Waals surface area contributed by atoms with E-state index in [0.29, 0.717) is 24.3 Å². The zero-order valence-electron chi connectivity index (χ0n) is 11.1. The van der Waals surface area contributed by atoms with E-state index in [1.54, 1.807) is 13.0 Å². The summed E-state index contributed by atoms with van der Waals surface area (Å²) in [6, 6.07) is 4.57. The molecule has 0 aliphatic heterocycles. The van der Waals surface area contributed by atoms with Crippen LogP contribution in [0, 0.1) is 0 Å². The molecule has 0 bridgehead atoms. The van der Waals surface area contributed by atoms with Gasteiger partial charge in [-0.15, -0.1) is 11.6 Å². The molecule has 2 N–H and O–H groups in total. The van der Waals surface area contributed by atoms with E-state index >= 15 is 0 Å². The third kappa shape index (κ3) is 3.95. The van der Waals surface area contributed by atoms with Gasteiger partial charge in [-0.2, -0.15) is 0 Å². The van der Waals surface area contributed by atoms with Gasteiger partial charge in [-0.1, -0.05) is 12.1 Å². The number of ether oxygens (including phenoxy) is 1. The molecule has 20 heavy (non-hydrogen) atoms. The Labute approximate surface area is 122 Å². The van der Waals surface area contributed by atoms with Crippen LogP contribution in [-0.4, -0.2) is 34.6 Å². The number of rotatable bonds is 7. The van der Waals surface area contributed by atoms with Gasteiger partial charge in [0.2, 0.25) is 0 Å². The average molecular weight is 301 g/mol. The first-order chi connectivity index (χ1) is 9.52. The maximum atomic E-state index is 11.9. The summed E-state index contributed by atoms with van der Waals surface area (Å²) < 4.78 is 4.94. The maximum absolute atomic E-state index is 11.9. The van der Waals surface area contributed by atoms with Crippen LogP contribution in [0.15, 0.2) is 18.2 Å². The highest BCUT2D eigenvalue weighted by atomic mass is 35.5. The van der Waals surface area contributed by atoms with Crippen LogP contribution in [0.25, 0.3) is 0 Å². The van der Waals surface area contributed by atoms with Gasteiger partial charge in [0.05, 0.1) is 12.2 Å². The molecule has 0 fully saturated rings. The summed E-state index contributed by atoms with van der Waals surface area (Å²) >= 11 is 5.64. The number of aliphatic carboxylic acids is 1. The normalized spacial score (nSPS) is 11.9. The lowest BCUT2D eigenvalue weighted by molar-refractivity contribution is -0.147. The Morgan fingerprint density at radius 2 is 2.10 bits per heavy atom. The molecular weight excluding hydrogens is 284 g/mol. The van der Waals surface area contributed by atoms with Crippen LogP contribution in [0.3, 0.4) is 0 Å². The molecule has 0 aliphatic carbocycles. The summed E-state index contributed by atoms with van der Waals surface area (Å²) in [6.07, 6.45) is -0.704. The molecule has 0 amide bonds. The molecule has 1 rings (SSSR count). The lowest BCUT2D eigenvalue weighted by Gasteiger charge is -2.15. The number of carboxylic acid groups (broad SMARTS) is 1. The van der Waals surface area contributed by atoms with Gasteiger partial charge in [-0.05, 0) is 37.0 Å². The second kappa shape index (κ2) is 7.87. The van der Waals surface area contributed by atoms with Crippen molar-refractivity contribution in [1.29, 1.82) is 0 Å². The monoisotopic (exact) mass is 300 g/mol. The van der Waals surface area contributed by atoms with E-state index in [4.69, 9.17) is 21.4 Å². The van der Waals surface area contributed by atoms with Crippen molar-refractivity contribution in [3.05, 3.63) is 34.9 Å². The Balaban J connectivity index is 3.25. The third-order valence-corrected chi connectivity index (χ3v) is 3.06. The van der Waals surface area contributed by atoms with Crippen molar-refractivity contribution in [3.8, 4) is 0 Å². The molecule has 0 saturated heterocycles. The fraction of sp³-hybridized carbons (Fsp3) is 0.429. The molecule has 1 aromatic rings. The number of esters is 1. The Morgan fingerprint density at radius 3 is 2.65 bits per heavy atom. The molecule has 0 heterocycles. The van der Waals surface area contributed by atoms with Gasteiger partial charge >= 0.3 is 11.9 Å². The van der Waals surface area contributed by atoms with Gasteiger partial charge in [-0.3, -0.25) is 0 Å². The number of benzene rings is 1. The summed E-state index contributed by atoms with van der Waals surface area (Å²) in [7, 11) is 0. The number of aliphatic hydroxyl groups excluding tert-OH is 1. The fourth-order valence-electron chi connectivity index (χ4n) is 1.92. The number of aliphatic hydroxyl groups is 1. The molecule has 0 spiro atoms. The number of carboxylic acids is 1. The number of alkyl halides is 1. The number of carbonyl (C=O) groups excluding carboxylic acids is 1. The van der Waals surface area contributed by atoms with Gasteiger partial charge < -0.3 is 14.9 Å². The van der Waals surface area contributed by atoms with E-state index < -0.39 is 18.0 Å². The zero-order valence-corrected chi connectivity index (χ0v) is 11.9. The average Bonchev–Trinajstić information content (AvgIpc) is 2.44. The minimum absolute atomic E-state index is 0.202. The highest BCUT2D eigenvalue weighted by Crippen LogP contribution is 2.24. The van der Waals surface area contributed by atoms with Crippen LogP contribution < -0.4 is 0 Å². The predicted octanol–water partition coefficient (Wildman–Crippen LogP) is 2.15. The van der Waals surface area contributed by atoms with Crippen LogP contribution in [-0.2, 0) is 16.0 Å². The van der Waals surface area contributed by atoms with E-state index in [2.05, 4.69) is 0 Å². The van der Waals surface area contributed by atoms with Crippen LogP contribution in [0.4, 0.5) is 0 Å². The molecule has 0 aliphatic rings. The first-order valence-electron chi connectivity index (χ1n) is 6.28. The van der Waals surface area contributed by atoms with E-state index in [-0.39, 0.29) is 17.7 Å². The minimum Gasteiger partial charge on any atom is -0.479 e. The molecule has 1 atom stereocenters. The molecular formula is C14H17ClO5. The van der Waals surface area contributed by atoms with Gasteiger partial charge in [0, 0.05) is 5.88 Å². The summed E-state index contributed by atoms with van der Waals surface area (Å²) in [6.45, 7) is 1.91. The van der Waals surface area contributed by atoms with Crippen molar-refractivity contribution < 1.29 is 24.5 Å². The highest BCUT2D eigenvalue weighted by Gasteiger charge is 2.23. The second-order valence-corrected chi connectivity index (χ2v) is 4.51. The van der Waals surface area contributed by atoms with Crippen molar-refractivity contribution in [3.63, 3.8) is 0 Å². The maximum Gasteiger partial charge on any atom is 0.338 e. The Morgan fingerprint density at radius 1 is 1.40 bits per heavy atom. The SMILES string of the molecule is CCOC(=O)c1cccc(C(O)C(=O)O)c1CCCCl. The quantitative estimate of drug-likeness (QED) is 0.595. The number of hydrogen-bond donors (Lipinski definition) is 2. The Hall–Kier alpha value is -1.59. The minimum atomic E-state index is -1.67. The van der Waals surface area contributed by atoms with Crippen LogP contribution in [0.2, 0.25) is 0 Å². The molecule has 0 aromatic heterocycles. The van der Waals surface area contributed by atoms with Crippen molar-refractivity contribution in [2.24, 2.45) is 0 Å². The molecule has 6 heteroatoms. The molecule has 5 nitrogen and oxygen atoms in total. The van der Waals surface area contributed by atoms with Crippen LogP contribution >= 0.6 is 11.6 Å². The predicted molar refractivity (Wildman–Crippen MR) is 74.0 cm³/mol. The van der Waals surface area contributed by atoms with Crippen molar-refractivity contribution in [2.75, 3.05) is 12.5 Å².